The van der Waals surface area contributed by atoms with Crippen molar-refractivity contribution in [2.45, 2.75) is 23.5 Å². The van der Waals surface area contributed by atoms with Gasteiger partial charge in [-0.05, 0) is 30.7 Å². The molecular weight excluding hydrogens is 268 g/mol. The van der Waals surface area contributed by atoms with Crippen LogP contribution in [0, 0.1) is 0 Å². The van der Waals surface area contributed by atoms with Crippen molar-refractivity contribution in [3.8, 4) is 0 Å². The van der Waals surface area contributed by atoms with Crippen molar-refractivity contribution in [2.75, 3.05) is 18.1 Å². The molecule has 2 rings (SSSR count). The second-order valence-electron chi connectivity index (χ2n) is 4.22. The summed E-state index contributed by atoms with van der Waals surface area (Å²) in [7, 11) is -3.12. The Labute approximate surface area is 112 Å². The summed E-state index contributed by atoms with van der Waals surface area (Å²) >= 11 is 1.74. The molecule has 1 unspecified atom stereocenters. The molecular formula is C12H16N2O2S2. The smallest absolute Gasteiger partial charge is 0.175 e. The molecule has 18 heavy (non-hydrogen) atoms. The maximum atomic E-state index is 11.3. The highest BCUT2D eigenvalue weighted by Gasteiger charge is 2.17. The number of nitrogens with zero attached hydrogens (tertiary/aromatic N) is 1. The quantitative estimate of drug-likeness (QED) is 0.926. The normalized spacial score (nSPS) is 19.7. The van der Waals surface area contributed by atoms with Gasteiger partial charge >= 0.3 is 0 Å². The fraction of sp³-hybridized carbons (Fsp3) is 0.417. The third-order valence-electron chi connectivity index (χ3n) is 2.71. The SMILES string of the molecule is CCC1CN=C(Nc2ccc(S(C)(=O)=O)cc2)S1. The van der Waals surface area contributed by atoms with E-state index in [1.165, 1.54) is 6.26 Å². The minimum absolute atomic E-state index is 0.334. The maximum Gasteiger partial charge on any atom is 0.175 e. The van der Waals surface area contributed by atoms with Gasteiger partial charge in [0, 0.05) is 17.2 Å². The topological polar surface area (TPSA) is 58.5 Å². The van der Waals surface area contributed by atoms with Gasteiger partial charge in [0.1, 0.15) is 0 Å². The molecule has 1 aliphatic heterocycles. The van der Waals surface area contributed by atoms with Gasteiger partial charge in [-0.3, -0.25) is 4.99 Å². The number of hydrogen-bond donors (Lipinski definition) is 1. The lowest BCUT2D eigenvalue weighted by Gasteiger charge is -2.07. The van der Waals surface area contributed by atoms with Gasteiger partial charge in [0.25, 0.3) is 0 Å². The van der Waals surface area contributed by atoms with E-state index in [0.717, 1.165) is 23.8 Å². The summed E-state index contributed by atoms with van der Waals surface area (Å²) in [5.74, 6) is 0. The van der Waals surface area contributed by atoms with Gasteiger partial charge in [0.15, 0.2) is 15.0 Å². The van der Waals surface area contributed by atoms with Gasteiger partial charge < -0.3 is 5.32 Å². The summed E-state index contributed by atoms with van der Waals surface area (Å²) in [6, 6.07) is 6.74. The first kappa shape index (κ1) is 13.4. The van der Waals surface area contributed by atoms with Crippen molar-refractivity contribution in [1.29, 1.82) is 0 Å². The molecule has 4 nitrogen and oxygen atoms in total. The molecule has 0 radical (unpaired) electrons. The van der Waals surface area contributed by atoms with Crippen LogP contribution >= 0.6 is 11.8 Å². The van der Waals surface area contributed by atoms with Crippen LogP contribution in [0.4, 0.5) is 5.69 Å². The number of sulfone groups is 1. The summed E-state index contributed by atoms with van der Waals surface area (Å²) in [5.41, 5.74) is 0.866. The number of anilines is 1. The van der Waals surface area contributed by atoms with Gasteiger partial charge in [-0.1, -0.05) is 18.7 Å². The Bertz CT molecular complexity index is 550. The first-order valence-electron chi connectivity index (χ1n) is 5.77. The van der Waals surface area contributed by atoms with E-state index in [1.54, 1.807) is 36.0 Å². The summed E-state index contributed by atoms with van der Waals surface area (Å²) in [6.07, 6.45) is 2.31. The molecule has 1 aromatic rings. The van der Waals surface area contributed by atoms with Crippen LogP contribution in [0.1, 0.15) is 13.3 Å². The minimum Gasteiger partial charge on any atom is -0.335 e. The van der Waals surface area contributed by atoms with E-state index in [-0.39, 0.29) is 0 Å². The van der Waals surface area contributed by atoms with Crippen molar-refractivity contribution >= 4 is 32.5 Å². The number of rotatable bonds is 3. The van der Waals surface area contributed by atoms with E-state index in [2.05, 4.69) is 17.2 Å². The monoisotopic (exact) mass is 284 g/mol. The van der Waals surface area contributed by atoms with Crippen LogP contribution in [0.15, 0.2) is 34.2 Å². The van der Waals surface area contributed by atoms with Crippen LogP contribution in [0.5, 0.6) is 0 Å². The molecule has 1 N–H and O–H groups in total. The molecule has 0 spiro atoms. The first-order valence-corrected chi connectivity index (χ1v) is 8.54. The lowest BCUT2D eigenvalue weighted by molar-refractivity contribution is 0.602. The lowest BCUT2D eigenvalue weighted by atomic mass is 10.3. The van der Waals surface area contributed by atoms with E-state index < -0.39 is 9.84 Å². The molecule has 0 bridgehead atoms. The minimum atomic E-state index is -3.12. The summed E-state index contributed by atoms with van der Waals surface area (Å²) in [4.78, 5) is 4.74. The van der Waals surface area contributed by atoms with E-state index >= 15 is 0 Å². The van der Waals surface area contributed by atoms with Gasteiger partial charge in [-0.25, -0.2) is 8.42 Å². The molecule has 0 amide bonds. The zero-order chi connectivity index (χ0) is 13.2. The largest absolute Gasteiger partial charge is 0.335 e. The molecule has 1 heterocycles. The molecule has 1 atom stereocenters. The highest BCUT2D eigenvalue weighted by Crippen LogP contribution is 2.25. The standard InChI is InChI=1S/C12H16N2O2S2/c1-3-10-8-13-12(17-10)14-9-4-6-11(7-5-9)18(2,15)16/h4-7,10H,3,8H2,1-2H3,(H,13,14). The number of amidine groups is 1. The van der Waals surface area contributed by atoms with Gasteiger partial charge in [-0.15, -0.1) is 0 Å². The van der Waals surface area contributed by atoms with E-state index in [9.17, 15) is 8.42 Å². The lowest BCUT2D eigenvalue weighted by Crippen LogP contribution is -2.07. The maximum absolute atomic E-state index is 11.3. The molecule has 0 aliphatic carbocycles. The van der Waals surface area contributed by atoms with Crippen molar-refractivity contribution in [3.63, 3.8) is 0 Å². The molecule has 1 aromatic carbocycles. The zero-order valence-corrected chi connectivity index (χ0v) is 12.0. The molecule has 98 valence electrons. The van der Waals surface area contributed by atoms with Crippen molar-refractivity contribution in [1.82, 2.24) is 0 Å². The second kappa shape index (κ2) is 5.32. The Morgan fingerprint density at radius 2 is 2.06 bits per heavy atom. The fourth-order valence-corrected chi connectivity index (χ4v) is 3.20. The Morgan fingerprint density at radius 1 is 1.39 bits per heavy atom. The second-order valence-corrected chi connectivity index (χ2v) is 7.52. The van der Waals surface area contributed by atoms with E-state index in [4.69, 9.17) is 0 Å². The van der Waals surface area contributed by atoms with Crippen molar-refractivity contribution in [3.05, 3.63) is 24.3 Å². The fourth-order valence-electron chi connectivity index (χ4n) is 1.61. The molecule has 0 saturated carbocycles. The number of hydrogen-bond acceptors (Lipinski definition) is 5. The Kier molecular flexibility index (Phi) is 3.97. The number of benzene rings is 1. The molecule has 0 fully saturated rings. The average molecular weight is 284 g/mol. The van der Waals surface area contributed by atoms with Crippen LogP contribution in [-0.4, -0.2) is 31.6 Å². The summed E-state index contributed by atoms with van der Waals surface area (Å²) in [6.45, 7) is 3.00. The van der Waals surface area contributed by atoms with Gasteiger partial charge in [-0.2, -0.15) is 0 Å². The number of aliphatic imine (C=N–C) groups is 1. The average Bonchev–Trinajstić information content (AvgIpc) is 2.76. The number of nitrogens with one attached hydrogen (secondary N) is 1. The zero-order valence-electron chi connectivity index (χ0n) is 10.4. The highest BCUT2D eigenvalue weighted by molar-refractivity contribution is 8.15. The van der Waals surface area contributed by atoms with Crippen LogP contribution in [0.2, 0.25) is 0 Å². The van der Waals surface area contributed by atoms with E-state index in [1.807, 2.05) is 0 Å². The molecule has 6 heteroatoms. The molecule has 0 aromatic heterocycles. The van der Waals surface area contributed by atoms with Crippen LogP contribution in [0.3, 0.4) is 0 Å². The third kappa shape index (κ3) is 3.26. The Morgan fingerprint density at radius 3 is 2.56 bits per heavy atom. The molecule has 0 saturated heterocycles. The van der Waals surface area contributed by atoms with Crippen molar-refractivity contribution in [2.24, 2.45) is 4.99 Å². The Balaban J connectivity index is 2.04. The van der Waals surface area contributed by atoms with Crippen LogP contribution < -0.4 is 5.32 Å². The Hall–Kier alpha value is -1.01. The van der Waals surface area contributed by atoms with Gasteiger partial charge in [0.2, 0.25) is 0 Å². The first-order chi connectivity index (χ1) is 8.49. The van der Waals surface area contributed by atoms with Gasteiger partial charge in [0.05, 0.1) is 11.4 Å². The predicted molar refractivity (Wildman–Crippen MR) is 77.1 cm³/mol. The number of thioether (sulfide) groups is 1. The van der Waals surface area contributed by atoms with Crippen molar-refractivity contribution < 1.29 is 8.42 Å². The predicted octanol–water partition coefficient (Wildman–Crippen LogP) is 2.38. The van der Waals surface area contributed by atoms with Crippen LogP contribution in [-0.2, 0) is 9.84 Å². The molecule has 1 aliphatic rings. The van der Waals surface area contributed by atoms with E-state index in [0.29, 0.717) is 10.1 Å². The third-order valence-corrected chi connectivity index (χ3v) is 5.10. The summed E-state index contributed by atoms with van der Waals surface area (Å²) in [5, 5.41) is 4.67. The summed E-state index contributed by atoms with van der Waals surface area (Å²) < 4.78 is 22.6. The van der Waals surface area contributed by atoms with Crippen LogP contribution in [0.25, 0.3) is 0 Å². The highest BCUT2D eigenvalue weighted by atomic mass is 32.2.